The number of hydrogen-bond acceptors (Lipinski definition) is 8. The molecule has 0 radical (unpaired) electrons. The Morgan fingerprint density at radius 3 is 3.00 bits per heavy atom. The van der Waals surface area contributed by atoms with Gasteiger partial charge in [-0.3, -0.25) is 0 Å². The lowest BCUT2D eigenvalue weighted by Gasteiger charge is -2.26. The Hall–Kier alpha value is -2.56. The molecule has 3 rings (SSSR count). The maximum Gasteiger partial charge on any atom is 0.340 e. The molecule has 0 atom stereocenters. The molecule has 0 saturated heterocycles. The van der Waals surface area contributed by atoms with Gasteiger partial charge in [0.1, 0.15) is 5.84 Å². The molecule has 11 heteroatoms. The standard InChI is InChI=1S/C14H18N6O4S/c1-2-3-6-20-13(15-17-18-20)10-24-14(21)11-4-5-12-16-25(22,23)8-7-19(12)9-11/h4-5,9H,2-3,6-8,10H2,1H3. The van der Waals surface area contributed by atoms with E-state index in [9.17, 15) is 13.2 Å². The second kappa shape index (κ2) is 7.13. The number of hydrogen-bond donors (Lipinski definition) is 0. The minimum absolute atomic E-state index is 0.0317. The van der Waals surface area contributed by atoms with E-state index in [-0.39, 0.29) is 18.9 Å². The molecule has 134 valence electrons. The van der Waals surface area contributed by atoms with Crippen molar-refractivity contribution < 1.29 is 17.9 Å². The summed E-state index contributed by atoms with van der Waals surface area (Å²) in [5.41, 5.74) is 0.311. The van der Waals surface area contributed by atoms with Gasteiger partial charge in [-0.05, 0) is 29.0 Å². The first kappa shape index (κ1) is 17.3. The van der Waals surface area contributed by atoms with Crippen LogP contribution in [-0.2, 0) is 32.7 Å². The summed E-state index contributed by atoms with van der Waals surface area (Å²) >= 11 is 0. The first-order valence-electron chi connectivity index (χ1n) is 7.90. The van der Waals surface area contributed by atoms with Gasteiger partial charge in [0, 0.05) is 19.3 Å². The van der Waals surface area contributed by atoms with Gasteiger partial charge >= 0.3 is 5.97 Å². The number of esters is 1. The predicted octanol–water partition coefficient (Wildman–Crippen LogP) is 0.0140. The number of amidine groups is 1. The Labute approximate surface area is 144 Å². The maximum atomic E-state index is 12.2. The van der Waals surface area contributed by atoms with E-state index in [0.717, 1.165) is 12.8 Å². The van der Waals surface area contributed by atoms with Crippen molar-refractivity contribution in [2.24, 2.45) is 4.40 Å². The molecule has 0 N–H and O–H groups in total. The highest BCUT2D eigenvalue weighted by molar-refractivity contribution is 7.90. The molecule has 0 saturated carbocycles. The van der Waals surface area contributed by atoms with E-state index in [1.165, 1.54) is 18.4 Å². The van der Waals surface area contributed by atoms with Crippen LogP contribution in [-0.4, -0.2) is 57.6 Å². The largest absolute Gasteiger partial charge is 0.454 e. The minimum atomic E-state index is -3.42. The first-order chi connectivity index (χ1) is 12.0. The summed E-state index contributed by atoms with van der Waals surface area (Å²) in [6.45, 7) is 2.95. The van der Waals surface area contributed by atoms with Gasteiger partial charge in [-0.25, -0.2) is 17.9 Å². The lowest BCUT2D eigenvalue weighted by Crippen LogP contribution is -2.37. The van der Waals surface area contributed by atoms with Crippen molar-refractivity contribution in [2.45, 2.75) is 32.9 Å². The fraction of sp³-hybridized carbons (Fsp3) is 0.500. The van der Waals surface area contributed by atoms with Crippen LogP contribution in [0.25, 0.3) is 0 Å². The molecule has 0 amide bonds. The quantitative estimate of drug-likeness (QED) is 0.646. The molecule has 0 spiro atoms. The topological polar surface area (TPSA) is 120 Å². The van der Waals surface area contributed by atoms with Crippen LogP contribution in [0.2, 0.25) is 0 Å². The van der Waals surface area contributed by atoms with Gasteiger partial charge in [0.25, 0.3) is 10.0 Å². The van der Waals surface area contributed by atoms with Crippen molar-refractivity contribution in [2.75, 3.05) is 12.3 Å². The van der Waals surface area contributed by atoms with Crippen LogP contribution >= 0.6 is 0 Å². The summed E-state index contributed by atoms with van der Waals surface area (Å²) in [6.07, 6.45) is 6.44. The van der Waals surface area contributed by atoms with E-state index in [1.807, 2.05) is 0 Å². The van der Waals surface area contributed by atoms with Crippen molar-refractivity contribution in [3.8, 4) is 0 Å². The monoisotopic (exact) mass is 366 g/mol. The fourth-order valence-electron chi connectivity index (χ4n) is 2.34. The second-order valence-electron chi connectivity index (χ2n) is 5.59. The molecule has 0 fully saturated rings. The zero-order valence-electron chi connectivity index (χ0n) is 13.7. The van der Waals surface area contributed by atoms with Crippen molar-refractivity contribution >= 4 is 21.8 Å². The number of sulfonamides is 1. The van der Waals surface area contributed by atoms with E-state index >= 15 is 0 Å². The highest BCUT2D eigenvalue weighted by atomic mass is 32.2. The summed E-state index contributed by atoms with van der Waals surface area (Å²) in [6, 6.07) is 0. The number of carbonyl (C=O) groups excluding carboxylic acids is 1. The Kier molecular flexibility index (Phi) is 4.93. The molecular formula is C14H18N6O4S. The van der Waals surface area contributed by atoms with Crippen LogP contribution in [0.15, 0.2) is 28.3 Å². The van der Waals surface area contributed by atoms with Crippen molar-refractivity contribution in [1.29, 1.82) is 0 Å². The second-order valence-corrected chi connectivity index (χ2v) is 7.35. The van der Waals surface area contributed by atoms with Crippen LogP contribution in [0.1, 0.15) is 25.6 Å². The number of aromatic nitrogens is 4. The van der Waals surface area contributed by atoms with Crippen molar-refractivity contribution in [3.63, 3.8) is 0 Å². The summed E-state index contributed by atoms with van der Waals surface area (Å²) in [5, 5.41) is 11.3. The summed E-state index contributed by atoms with van der Waals surface area (Å²) in [7, 11) is -3.42. The number of fused-ring (bicyclic) bond motifs is 1. The number of ether oxygens (including phenoxy) is 1. The van der Waals surface area contributed by atoms with Crippen molar-refractivity contribution in [1.82, 2.24) is 25.1 Å². The highest BCUT2D eigenvalue weighted by Crippen LogP contribution is 2.17. The number of carbonyl (C=O) groups is 1. The normalized spacial score (nSPS) is 18.4. The zero-order valence-corrected chi connectivity index (χ0v) is 14.5. The molecule has 25 heavy (non-hydrogen) atoms. The van der Waals surface area contributed by atoms with Crippen LogP contribution in [0, 0.1) is 0 Å². The number of rotatable bonds is 6. The molecular weight excluding hydrogens is 348 g/mol. The summed E-state index contributed by atoms with van der Waals surface area (Å²) in [4.78, 5) is 13.8. The molecule has 3 heterocycles. The number of nitrogens with zero attached hydrogens (tertiary/aromatic N) is 6. The molecule has 0 aliphatic carbocycles. The van der Waals surface area contributed by atoms with Crippen LogP contribution < -0.4 is 0 Å². The Morgan fingerprint density at radius 1 is 1.36 bits per heavy atom. The summed E-state index contributed by atoms with van der Waals surface area (Å²) < 4.78 is 33.5. The van der Waals surface area contributed by atoms with E-state index in [1.54, 1.807) is 9.58 Å². The van der Waals surface area contributed by atoms with Crippen LogP contribution in [0.5, 0.6) is 0 Å². The number of aryl methyl sites for hydroxylation is 1. The average Bonchev–Trinajstić information content (AvgIpc) is 3.04. The van der Waals surface area contributed by atoms with Gasteiger partial charge in [-0.15, -0.1) is 9.50 Å². The van der Waals surface area contributed by atoms with Gasteiger partial charge in [-0.2, -0.15) is 0 Å². The van der Waals surface area contributed by atoms with Gasteiger partial charge in [0.2, 0.25) is 0 Å². The highest BCUT2D eigenvalue weighted by Gasteiger charge is 2.25. The predicted molar refractivity (Wildman–Crippen MR) is 87.7 cm³/mol. The molecule has 0 aromatic carbocycles. The average molecular weight is 366 g/mol. The van der Waals surface area contributed by atoms with Gasteiger partial charge in [-0.1, -0.05) is 13.3 Å². The third-order valence-corrected chi connectivity index (χ3v) is 4.89. The van der Waals surface area contributed by atoms with E-state index < -0.39 is 16.0 Å². The molecule has 1 aromatic rings. The fourth-order valence-corrected chi connectivity index (χ4v) is 3.31. The molecule has 0 bridgehead atoms. The smallest absolute Gasteiger partial charge is 0.340 e. The van der Waals surface area contributed by atoms with Crippen molar-refractivity contribution in [3.05, 3.63) is 29.7 Å². The first-order valence-corrected chi connectivity index (χ1v) is 9.51. The minimum Gasteiger partial charge on any atom is -0.454 e. The Morgan fingerprint density at radius 2 is 2.20 bits per heavy atom. The maximum absolute atomic E-state index is 12.2. The van der Waals surface area contributed by atoms with Gasteiger partial charge < -0.3 is 9.64 Å². The Bertz CT molecular complexity index is 854. The SMILES string of the molecule is CCCCn1nnnc1COC(=O)C1=CN2CCS(=O)(=O)N=C2C=C1. The lowest BCUT2D eigenvalue weighted by molar-refractivity contribution is -0.140. The van der Waals surface area contributed by atoms with Crippen LogP contribution in [0.4, 0.5) is 0 Å². The molecule has 0 unspecified atom stereocenters. The Balaban J connectivity index is 1.63. The van der Waals surface area contributed by atoms with Gasteiger partial charge in [0.15, 0.2) is 12.4 Å². The van der Waals surface area contributed by atoms with E-state index in [0.29, 0.717) is 23.8 Å². The molecule has 10 nitrogen and oxygen atoms in total. The van der Waals surface area contributed by atoms with Gasteiger partial charge in [0.05, 0.1) is 11.3 Å². The molecule has 2 aliphatic rings. The number of unbranched alkanes of at least 4 members (excludes halogenated alkanes) is 1. The summed E-state index contributed by atoms with van der Waals surface area (Å²) in [5.74, 6) is 0.156. The third-order valence-electron chi connectivity index (χ3n) is 3.72. The third kappa shape index (κ3) is 4.10. The number of tetrazole rings is 1. The molecule has 1 aromatic heterocycles. The zero-order chi connectivity index (χ0) is 17.9. The molecule has 2 aliphatic heterocycles. The van der Waals surface area contributed by atoms with Crippen LogP contribution in [0.3, 0.4) is 0 Å². The van der Waals surface area contributed by atoms with E-state index in [2.05, 4.69) is 26.8 Å². The lowest BCUT2D eigenvalue weighted by atomic mass is 10.2. The van der Waals surface area contributed by atoms with E-state index in [4.69, 9.17) is 4.74 Å².